The smallest absolute Gasteiger partial charge is 0.323 e. The average Bonchev–Trinajstić information content (AvgIpc) is 3.63. The molecule has 0 aliphatic carbocycles. The van der Waals surface area contributed by atoms with Crippen molar-refractivity contribution >= 4 is 62.0 Å². The summed E-state index contributed by atoms with van der Waals surface area (Å²) in [6, 6.07) is -0.946. The van der Waals surface area contributed by atoms with Gasteiger partial charge in [0.2, 0.25) is 16.0 Å². The highest BCUT2D eigenvalue weighted by atomic mass is 32.2. The zero-order valence-electron chi connectivity index (χ0n) is 27.8. The van der Waals surface area contributed by atoms with Crippen LogP contribution in [-0.2, 0) is 29.1 Å². The molecule has 6 heterocycles. The van der Waals surface area contributed by atoms with Crippen LogP contribution in [0.1, 0.15) is 32.9 Å². The highest BCUT2D eigenvalue weighted by Gasteiger charge is 2.46. The minimum atomic E-state index is -4.06. The molecule has 3 aliphatic heterocycles. The lowest BCUT2D eigenvalue weighted by atomic mass is 9.95. The number of methoxy groups -OCH3 is 1. The number of nitrogens with zero attached hydrogens (tertiary/aromatic N) is 7. The first-order valence-electron chi connectivity index (χ1n) is 15.9. The number of aliphatic hydroxyl groups excluding tert-OH is 2. The van der Waals surface area contributed by atoms with E-state index in [9.17, 15) is 33.0 Å². The van der Waals surface area contributed by atoms with Crippen molar-refractivity contribution in [1.29, 1.82) is 0 Å². The van der Waals surface area contributed by atoms with Crippen molar-refractivity contribution in [1.82, 2.24) is 44.4 Å². The molecule has 23 heteroatoms. The first-order chi connectivity index (χ1) is 24.1. The third kappa shape index (κ3) is 6.94. The molecule has 0 aromatic carbocycles. The van der Waals surface area contributed by atoms with Crippen LogP contribution in [0, 0.1) is 0 Å². The van der Waals surface area contributed by atoms with E-state index in [-0.39, 0.29) is 79.2 Å². The van der Waals surface area contributed by atoms with Gasteiger partial charge < -0.3 is 41.8 Å². The van der Waals surface area contributed by atoms with E-state index in [4.69, 9.17) is 20.9 Å². The molecule has 10 N–H and O–H groups in total. The molecule has 0 bridgehead atoms. The van der Waals surface area contributed by atoms with Gasteiger partial charge in [0, 0.05) is 26.2 Å². The van der Waals surface area contributed by atoms with Gasteiger partial charge in [-0.15, -0.1) is 0 Å². The van der Waals surface area contributed by atoms with Gasteiger partial charge in [-0.2, -0.15) is 4.98 Å². The molecule has 22 nitrogen and oxygen atoms in total. The lowest BCUT2D eigenvalue weighted by Crippen LogP contribution is -2.55. The zero-order valence-corrected chi connectivity index (χ0v) is 28.6. The highest BCUT2D eigenvalue weighted by molar-refractivity contribution is 7.90. The summed E-state index contributed by atoms with van der Waals surface area (Å²) in [5.74, 6) is -1.06. The molecule has 4 unspecified atom stereocenters. The van der Waals surface area contributed by atoms with Crippen molar-refractivity contribution in [3.63, 3.8) is 0 Å². The Kier molecular flexibility index (Phi) is 9.69. The fraction of sp³-hybridized carbons (Fsp3) is 0.571. The number of fused-ring (bicyclic) bond motifs is 2. The highest BCUT2D eigenvalue weighted by Crippen LogP contribution is 2.33. The summed E-state index contributed by atoms with van der Waals surface area (Å²) in [5, 5.41) is 26.2. The summed E-state index contributed by atoms with van der Waals surface area (Å²) in [6.45, 7) is 3.41. The fourth-order valence-corrected chi connectivity index (χ4v) is 7.91. The van der Waals surface area contributed by atoms with Crippen molar-refractivity contribution in [2.75, 3.05) is 50.1 Å². The standard InChI is InChI=1S/C28H39N13O9S/c1-28(2)19(36-16-21(39-28)37-27(30)38-23(16)44)24(45)31-5-7-40-6-4-12(8-13(40)26(46)49-3)51(47,48)35-9-14-17(42)18(43)25(50-14)41-11-34-15-20(29)32-10-33-22(15)41/h10-14,17-18,25,35,42-43H,4-9H2,1-3H3,(H,31,45)(H2,29,32,33)(H4,30,37,38,39,44)/t12?,13?,14-,17?,18?,25-/m1/s1. The van der Waals surface area contributed by atoms with Gasteiger partial charge in [0.15, 0.2) is 29.2 Å². The minimum absolute atomic E-state index is 0.0275. The molecule has 3 aromatic heterocycles. The number of aromatic amines is 1. The largest absolute Gasteiger partial charge is 0.468 e. The Balaban J connectivity index is 1.06. The number of carbonyl (C=O) groups is 2. The number of aromatic nitrogens is 6. The number of rotatable bonds is 10. The Hall–Kier alpha value is -4.81. The Labute approximate surface area is 290 Å². The van der Waals surface area contributed by atoms with Crippen LogP contribution in [0.25, 0.3) is 11.2 Å². The Morgan fingerprint density at radius 2 is 1.96 bits per heavy atom. The molecule has 0 spiro atoms. The van der Waals surface area contributed by atoms with Crippen LogP contribution < -0.4 is 32.4 Å². The quantitative estimate of drug-likeness (QED) is 0.0947. The lowest BCUT2D eigenvalue weighted by Gasteiger charge is -2.37. The van der Waals surface area contributed by atoms with Gasteiger partial charge in [0.05, 0.1) is 24.2 Å². The van der Waals surface area contributed by atoms with Gasteiger partial charge >= 0.3 is 5.97 Å². The van der Waals surface area contributed by atoms with Crippen LogP contribution in [0.2, 0.25) is 0 Å². The number of anilines is 3. The van der Waals surface area contributed by atoms with E-state index < -0.39 is 68.8 Å². The van der Waals surface area contributed by atoms with E-state index in [1.807, 2.05) is 0 Å². The van der Waals surface area contributed by atoms with Gasteiger partial charge in [-0.05, 0) is 26.7 Å². The number of nitrogen functional groups attached to an aromatic ring is 2. The number of likely N-dealkylation sites (tertiary alicyclic amines) is 1. The fourth-order valence-electron chi connectivity index (χ4n) is 6.43. The normalized spacial score (nSPS) is 26.3. The molecule has 51 heavy (non-hydrogen) atoms. The number of hydrogen-bond acceptors (Lipinski definition) is 18. The second kappa shape index (κ2) is 13.7. The van der Waals surface area contributed by atoms with Gasteiger partial charge in [0.25, 0.3) is 11.5 Å². The van der Waals surface area contributed by atoms with Crippen molar-refractivity contribution in [2.45, 2.75) is 68.1 Å². The molecule has 0 radical (unpaired) electrons. The number of aliphatic imine (C=N–C) groups is 1. The number of imidazole rings is 1. The third-order valence-electron chi connectivity index (χ3n) is 9.12. The maximum Gasteiger partial charge on any atom is 0.323 e. The number of amides is 1. The first kappa shape index (κ1) is 36.0. The van der Waals surface area contributed by atoms with Gasteiger partial charge in [-0.1, -0.05) is 0 Å². The summed E-state index contributed by atoms with van der Waals surface area (Å²) in [6.07, 6.45) is -2.60. The SMILES string of the molecule is COC(=O)C1CC(S(=O)(=O)NC[C@H]2O[C@@H](n3cnc4c(N)ncnc43)C(O)C2O)CCN1CCNC(=O)C1=Nc2c(nc(N)[nH]c2=O)NC1(C)C. The van der Waals surface area contributed by atoms with Crippen molar-refractivity contribution in [3.8, 4) is 0 Å². The Morgan fingerprint density at radius 3 is 2.71 bits per heavy atom. The van der Waals surface area contributed by atoms with Gasteiger partial charge in [0.1, 0.15) is 41.9 Å². The molecular weight excluding hydrogens is 694 g/mol. The van der Waals surface area contributed by atoms with Gasteiger partial charge in [-0.25, -0.2) is 33.1 Å². The molecular formula is C28H39N13O9S. The van der Waals surface area contributed by atoms with E-state index in [0.29, 0.717) is 0 Å². The zero-order chi connectivity index (χ0) is 36.8. The number of hydrogen-bond donors (Lipinski definition) is 8. The molecule has 1 amide bonds. The lowest BCUT2D eigenvalue weighted by molar-refractivity contribution is -0.148. The second-order valence-electron chi connectivity index (χ2n) is 12.9. The van der Waals surface area contributed by atoms with E-state index in [1.54, 1.807) is 18.7 Å². The summed E-state index contributed by atoms with van der Waals surface area (Å²) >= 11 is 0. The summed E-state index contributed by atoms with van der Waals surface area (Å²) in [7, 11) is -2.86. The van der Waals surface area contributed by atoms with E-state index >= 15 is 0 Å². The summed E-state index contributed by atoms with van der Waals surface area (Å²) in [5.41, 5.74) is 10.3. The van der Waals surface area contributed by atoms with E-state index in [1.165, 1.54) is 24.3 Å². The summed E-state index contributed by atoms with van der Waals surface area (Å²) in [4.78, 5) is 62.8. The molecule has 6 rings (SSSR count). The predicted octanol–water partition coefficient (Wildman–Crippen LogP) is -3.29. The third-order valence-corrected chi connectivity index (χ3v) is 11.0. The van der Waals surface area contributed by atoms with E-state index in [2.05, 4.69) is 45.3 Å². The maximum atomic E-state index is 13.4. The number of carbonyl (C=O) groups excluding carboxylic acids is 2. The second-order valence-corrected chi connectivity index (χ2v) is 14.9. The van der Waals surface area contributed by atoms with Gasteiger partial charge in [-0.3, -0.25) is 28.8 Å². The van der Waals surface area contributed by atoms with Crippen LogP contribution in [0.3, 0.4) is 0 Å². The van der Waals surface area contributed by atoms with Crippen molar-refractivity contribution in [2.24, 2.45) is 4.99 Å². The topological polar surface area (TPSA) is 320 Å². The van der Waals surface area contributed by atoms with E-state index in [0.717, 1.165) is 0 Å². The molecule has 276 valence electrons. The van der Waals surface area contributed by atoms with Crippen molar-refractivity contribution < 1.29 is 37.7 Å². The maximum absolute atomic E-state index is 13.4. The molecule has 6 atom stereocenters. The predicted molar refractivity (Wildman–Crippen MR) is 180 cm³/mol. The number of aliphatic hydroxyl groups is 2. The summed E-state index contributed by atoms with van der Waals surface area (Å²) < 4.78 is 41.6. The molecule has 0 saturated carbocycles. The minimum Gasteiger partial charge on any atom is -0.468 e. The average molecular weight is 734 g/mol. The number of nitrogens with one attached hydrogen (secondary N) is 4. The molecule has 2 saturated heterocycles. The van der Waals surface area contributed by atoms with Crippen LogP contribution in [0.5, 0.6) is 0 Å². The van der Waals surface area contributed by atoms with Crippen LogP contribution in [0.4, 0.5) is 23.3 Å². The number of H-pyrrole nitrogens is 1. The number of ether oxygens (including phenoxy) is 2. The van der Waals surface area contributed by atoms with Crippen LogP contribution in [0.15, 0.2) is 22.4 Å². The molecule has 2 fully saturated rings. The molecule has 3 aromatic rings. The number of esters is 1. The van der Waals surface area contributed by atoms with Crippen LogP contribution in [-0.4, -0.2) is 139 Å². The first-order valence-corrected chi connectivity index (χ1v) is 17.5. The Morgan fingerprint density at radius 1 is 1.20 bits per heavy atom. The number of piperidine rings is 1. The Bertz CT molecular complexity index is 2030. The number of nitrogens with two attached hydrogens (primary N) is 2. The van der Waals surface area contributed by atoms with Crippen molar-refractivity contribution in [3.05, 3.63) is 23.0 Å². The van der Waals surface area contributed by atoms with Crippen LogP contribution >= 0.6 is 0 Å². The number of sulfonamides is 1. The monoisotopic (exact) mass is 733 g/mol. The molecule has 3 aliphatic rings.